The molecule has 0 saturated carbocycles. The number of benzene rings is 2. The molecule has 0 unspecified atom stereocenters. The minimum atomic E-state index is -0.354. The molecule has 0 aliphatic heterocycles. The molecule has 1 N–H and O–H groups in total. The minimum Gasteiger partial charge on any atom is -0.355 e. The number of anilines is 1. The first-order valence-electron chi connectivity index (χ1n) is 8.02. The number of nitrogens with zero attached hydrogens (tertiary/aromatic N) is 4. The lowest BCUT2D eigenvalue weighted by Gasteiger charge is -2.08. The third kappa shape index (κ3) is 2.86. The Balaban J connectivity index is 1.67. The van der Waals surface area contributed by atoms with Crippen LogP contribution in [0.5, 0.6) is 0 Å². The summed E-state index contributed by atoms with van der Waals surface area (Å²) in [6, 6.07) is 18.9. The third-order valence-corrected chi connectivity index (χ3v) is 3.93. The van der Waals surface area contributed by atoms with Gasteiger partial charge in [-0.2, -0.15) is 0 Å². The molecule has 4 aromatic rings. The van der Waals surface area contributed by atoms with E-state index in [1.165, 1.54) is 0 Å². The summed E-state index contributed by atoms with van der Waals surface area (Å²) in [6.45, 7) is 1.73. The Morgan fingerprint density at radius 1 is 1.04 bits per heavy atom. The number of aromatic nitrogens is 4. The smallest absolute Gasteiger partial charge is 0.263 e. The van der Waals surface area contributed by atoms with Crippen LogP contribution >= 0.6 is 0 Å². The van der Waals surface area contributed by atoms with Gasteiger partial charge in [-0.05, 0) is 19.1 Å². The van der Waals surface area contributed by atoms with E-state index in [4.69, 9.17) is 4.52 Å². The first kappa shape index (κ1) is 15.8. The monoisotopic (exact) mass is 345 g/mol. The molecule has 2 aromatic heterocycles. The molecular weight excluding hydrogens is 330 g/mol. The van der Waals surface area contributed by atoms with Crippen LogP contribution in [0.25, 0.3) is 17.0 Å². The van der Waals surface area contributed by atoms with E-state index in [1.54, 1.807) is 17.8 Å². The summed E-state index contributed by atoms with van der Waals surface area (Å²) >= 11 is 0. The van der Waals surface area contributed by atoms with Crippen LogP contribution in [0.3, 0.4) is 0 Å². The van der Waals surface area contributed by atoms with Gasteiger partial charge in [0.05, 0.1) is 11.4 Å². The van der Waals surface area contributed by atoms with Crippen molar-refractivity contribution in [3.05, 3.63) is 78.2 Å². The van der Waals surface area contributed by atoms with Crippen LogP contribution in [0.4, 0.5) is 5.95 Å². The van der Waals surface area contributed by atoms with E-state index in [9.17, 15) is 4.79 Å². The second-order valence-corrected chi connectivity index (χ2v) is 5.65. The highest BCUT2D eigenvalue weighted by Crippen LogP contribution is 2.26. The fourth-order valence-corrected chi connectivity index (χ4v) is 2.69. The Morgan fingerprint density at radius 3 is 2.46 bits per heavy atom. The van der Waals surface area contributed by atoms with Crippen molar-refractivity contribution in [2.45, 2.75) is 6.92 Å². The summed E-state index contributed by atoms with van der Waals surface area (Å²) in [5.74, 6) is 0.389. The predicted octanol–water partition coefficient (Wildman–Crippen LogP) is 3.48. The van der Waals surface area contributed by atoms with E-state index in [0.717, 1.165) is 11.3 Å². The maximum Gasteiger partial charge on any atom is 0.263 e. The maximum atomic E-state index is 12.9. The molecule has 0 aliphatic rings. The number of carbonyl (C=O) groups is 1. The molecule has 1 amide bonds. The van der Waals surface area contributed by atoms with Crippen molar-refractivity contribution in [1.29, 1.82) is 0 Å². The average molecular weight is 345 g/mol. The Morgan fingerprint density at radius 2 is 1.73 bits per heavy atom. The standard InChI is InChI=1S/C19H15N5O2/c1-13-16(17(26-23-13)14-8-4-2-5-9-14)18(25)21-19-22-20-12-24(19)15-10-6-3-7-11-15/h2-12H,1H3,(H,21,22,25). The average Bonchev–Trinajstić information content (AvgIpc) is 3.29. The number of hydrogen-bond acceptors (Lipinski definition) is 5. The SMILES string of the molecule is Cc1noc(-c2ccccc2)c1C(=O)Nc1nncn1-c1ccccc1. The molecule has 2 aromatic carbocycles. The number of amides is 1. The lowest BCUT2D eigenvalue weighted by atomic mass is 10.1. The highest BCUT2D eigenvalue weighted by atomic mass is 16.5. The summed E-state index contributed by atoms with van der Waals surface area (Å²) in [7, 11) is 0. The van der Waals surface area contributed by atoms with Gasteiger partial charge in [-0.25, -0.2) is 0 Å². The first-order chi connectivity index (χ1) is 12.7. The molecule has 0 saturated heterocycles. The molecule has 0 atom stereocenters. The van der Waals surface area contributed by atoms with Gasteiger partial charge in [0.15, 0.2) is 5.76 Å². The topological polar surface area (TPSA) is 85.8 Å². The van der Waals surface area contributed by atoms with Crippen molar-refractivity contribution < 1.29 is 9.32 Å². The van der Waals surface area contributed by atoms with Crippen LogP contribution in [0, 0.1) is 6.92 Å². The third-order valence-electron chi connectivity index (χ3n) is 3.93. The Bertz CT molecular complexity index is 1040. The lowest BCUT2D eigenvalue weighted by molar-refractivity contribution is 0.102. The molecule has 2 heterocycles. The van der Waals surface area contributed by atoms with Crippen molar-refractivity contribution in [1.82, 2.24) is 19.9 Å². The minimum absolute atomic E-state index is 0.320. The Kier molecular flexibility index (Phi) is 4.03. The van der Waals surface area contributed by atoms with Gasteiger partial charge in [-0.3, -0.25) is 14.7 Å². The summed E-state index contributed by atoms with van der Waals surface area (Å²) in [6.07, 6.45) is 1.55. The molecule has 128 valence electrons. The zero-order valence-electron chi connectivity index (χ0n) is 14.0. The molecular formula is C19H15N5O2. The fourth-order valence-electron chi connectivity index (χ4n) is 2.69. The quantitative estimate of drug-likeness (QED) is 0.612. The highest BCUT2D eigenvalue weighted by molar-refractivity contribution is 6.08. The largest absolute Gasteiger partial charge is 0.355 e. The molecule has 0 aliphatic carbocycles. The molecule has 7 heteroatoms. The summed E-state index contributed by atoms with van der Waals surface area (Å²) < 4.78 is 7.08. The summed E-state index contributed by atoms with van der Waals surface area (Å²) in [4.78, 5) is 12.9. The zero-order chi connectivity index (χ0) is 17.9. The molecule has 0 bridgehead atoms. The van der Waals surface area contributed by atoms with Crippen molar-refractivity contribution in [3.8, 4) is 17.0 Å². The van der Waals surface area contributed by atoms with Crippen LogP contribution in [-0.4, -0.2) is 25.8 Å². The predicted molar refractivity (Wildman–Crippen MR) is 96.0 cm³/mol. The van der Waals surface area contributed by atoms with Crippen molar-refractivity contribution in [2.75, 3.05) is 5.32 Å². The Labute approximate surface area is 149 Å². The van der Waals surface area contributed by atoms with Crippen molar-refractivity contribution in [3.63, 3.8) is 0 Å². The van der Waals surface area contributed by atoms with Gasteiger partial charge in [-0.1, -0.05) is 53.7 Å². The molecule has 0 spiro atoms. The number of nitrogens with one attached hydrogen (secondary N) is 1. The normalized spacial score (nSPS) is 10.7. The van der Waals surface area contributed by atoms with Gasteiger partial charge in [0, 0.05) is 5.56 Å². The van der Waals surface area contributed by atoms with E-state index in [-0.39, 0.29) is 5.91 Å². The lowest BCUT2D eigenvalue weighted by Crippen LogP contribution is -2.16. The van der Waals surface area contributed by atoms with Crippen molar-refractivity contribution >= 4 is 11.9 Å². The van der Waals surface area contributed by atoms with Gasteiger partial charge < -0.3 is 4.52 Å². The zero-order valence-corrected chi connectivity index (χ0v) is 14.0. The van der Waals surface area contributed by atoms with Crippen LogP contribution < -0.4 is 5.32 Å². The van der Waals surface area contributed by atoms with Crippen LogP contribution in [0.15, 0.2) is 71.5 Å². The van der Waals surface area contributed by atoms with E-state index < -0.39 is 0 Å². The van der Waals surface area contributed by atoms with Gasteiger partial charge in [0.1, 0.15) is 11.9 Å². The number of aryl methyl sites for hydroxylation is 1. The van der Waals surface area contributed by atoms with Crippen LogP contribution in [0.2, 0.25) is 0 Å². The molecule has 7 nitrogen and oxygen atoms in total. The van der Waals surface area contributed by atoms with Gasteiger partial charge >= 0.3 is 0 Å². The van der Waals surface area contributed by atoms with E-state index in [2.05, 4.69) is 20.7 Å². The van der Waals surface area contributed by atoms with Crippen LogP contribution in [0.1, 0.15) is 16.1 Å². The molecule has 0 fully saturated rings. The van der Waals surface area contributed by atoms with Gasteiger partial charge in [0.25, 0.3) is 5.91 Å². The first-order valence-corrected chi connectivity index (χ1v) is 8.02. The van der Waals surface area contributed by atoms with Gasteiger partial charge in [0.2, 0.25) is 5.95 Å². The molecule has 0 radical (unpaired) electrons. The molecule has 4 rings (SSSR count). The molecule has 26 heavy (non-hydrogen) atoms. The number of rotatable bonds is 4. The second kappa shape index (κ2) is 6.64. The second-order valence-electron chi connectivity index (χ2n) is 5.65. The van der Waals surface area contributed by atoms with E-state index in [1.807, 2.05) is 60.7 Å². The maximum absolute atomic E-state index is 12.9. The number of hydrogen-bond donors (Lipinski definition) is 1. The summed E-state index contributed by atoms with van der Waals surface area (Å²) in [5.41, 5.74) is 2.51. The van der Waals surface area contributed by atoms with E-state index in [0.29, 0.717) is 23.0 Å². The van der Waals surface area contributed by atoms with Crippen LogP contribution in [-0.2, 0) is 0 Å². The number of carbonyl (C=O) groups excluding carboxylic acids is 1. The van der Waals surface area contributed by atoms with Gasteiger partial charge in [-0.15, -0.1) is 10.2 Å². The Hall–Kier alpha value is -3.74. The summed E-state index contributed by atoms with van der Waals surface area (Å²) in [5, 5.41) is 14.6. The fraction of sp³-hybridized carbons (Fsp3) is 0.0526. The number of para-hydroxylation sites is 1. The highest BCUT2D eigenvalue weighted by Gasteiger charge is 2.23. The van der Waals surface area contributed by atoms with Crippen molar-refractivity contribution in [2.24, 2.45) is 0 Å². The van der Waals surface area contributed by atoms with E-state index >= 15 is 0 Å².